The van der Waals surface area contributed by atoms with Gasteiger partial charge in [-0.05, 0) is 52.9 Å². The van der Waals surface area contributed by atoms with Gasteiger partial charge in [-0.3, -0.25) is 4.79 Å². The zero-order chi connectivity index (χ0) is 13.6. The van der Waals surface area contributed by atoms with Gasteiger partial charge < -0.3 is 4.74 Å². The minimum absolute atomic E-state index is 0.0433. The van der Waals surface area contributed by atoms with Crippen LogP contribution in [0.25, 0.3) is 0 Å². The number of hydrogen-bond acceptors (Lipinski definition) is 2. The highest BCUT2D eigenvalue weighted by Crippen LogP contribution is 2.09. The third-order valence-electron chi connectivity index (χ3n) is 2.96. The van der Waals surface area contributed by atoms with Gasteiger partial charge in [-0.15, -0.1) is 0 Å². The van der Waals surface area contributed by atoms with Crippen molar-refractivity contribution >= 4 is 5.97 Å². The lowest BCUT2D eigenvalue weighted by atomic mass is 10.1. The van der Waals surface area contributed by atoms with Crippen LogP contribution in [0.5, 0.6) is 0 Å². The molecule has 18 heavy (non-hydrogen) atoms. The zero-order valence-electron chi connectivity index (χ0n) is 12.2. The molecule has 0 aliphatic heterocycles. The van der Waals surface area contributed by atoms with E-state index in [1.165, 1.54) is 12.0 Å². The summed E-state index contributed by atoms with van der Waals surface area (Å²) >= 11 is 0. The van der Waals surface area contributed by atoms with Crippen molar-refractivity contribution in [3.63, 3.8) is 0 Å². The Balaban J connectivity index is 3.32. The van der Waals surface area contributed by atoms with E-state index in [1.54, 1.807) is 0 Å². The van der Waals surface area contributed by atoms with Gasteiger partial charge in [0.1, 0.15) is 0 Å². The predicted molar refractivity (Wildman–Crippen MR) is 77.5 cm³/mol. The lowest BCUT2D eigenvalue weighted by molar-refractivity contribution is -0.143. The average molecular weight is 252 g/mol. The quantitative estimate of drug-likeness (QED) is 0.317. The molecule has 0 aliphatic rings. The smallest absolute Gasteiger partial charge is 0.305 e. The molecular weight excluding hydrogens is 224 g/mol. The van der Waals surface area contributed by atoms with E-state index in [0.29, 0.717) is 13.0 Å². The summed E-state index contributed by atoms with van der Waals surface area (Å²) in [4.78, 5) is 11.4. The highest BCUT2D eigenvalue weighted by Gasteiger charge is 2.01. The topological polar surface area (TPSA) is 26.3 Å². The normalized spacial score (nSPS) is 12.1. The summed E-state index contributed by atoms with van der Waals surface area (Å²) in [5.41, 5.74) is 1.43. The fourth-order valence-electron chi connectivity index (χ4n) is 1.62. The van der Waals surface area contributed by atoms with Gasteiger partial charge in [-0.25, -0.2) is 0 Å². The Morgan fingerprint density at radius 3 is 2.44 bits per heavy atom. The Hall–Kier alpha value is -1.05. The largest absolute Gasteiger partial charge is 0.466 e. The van der Waals surface area contributed by atoms with Gasteiger partial charge >= 0.3 is 5.97 Å². The van der Waals surface area contributed by atoms with Gasteiger partial charge in [-0.1, -0.05) is 30.2 Å². The highest BCUT2D eigenvalue weighted by atomic mass is 16.5. The van der Waals surface area contributed by atoms with Crippen LogP contribution in [0, 0.1) is 0 Å². The van der Waals surface area contributed by atoms with Gasteiger partial charge in [0.25, 0.3) is 0 Å². The molecule has 0 bridgehead atoms. The Morgan fingerprint density at radius 2 is 1.78 bits per heavy atom. The maximum absolute atomic E-state index is 11.4. The highest BCUT2D eigenvalue weighted by molar-refractivity contribution is 5.69. The summed E-state index contributed by atoms with van der Waals surface area (Å²) in [5.74, 6) is -0.0433. The second-order valence-corrected chi connectivity index (χ2v) is 4.63. The van der Waals surface area contributed by atoms with E-state index in [4.69, 9.17) is 4.74 Å². The van der Waals surface area contributed by atoms with E-state index in [9.17, 15) is 4.79 Å². The first-order chi connectivity index (χ1) is 8.70. The molecule has 0 aromatic carbocycles. The molecule has 0 N–H and O–H groups in total. The number of carbonyl (C=O) groups excluding carboxylic acids is 1. The van der Waals surface area contributed by atoms with E-state index in [2.05, 4.69) is 26.0 Å². The molecule has 0 radical (unpaired) electrons. The van der Waals surface area contributed by atoms with Crippen LogP contribution >= 0.6 is 0 Å². The van der Waals surface area contributed by atoms with Crippen molar-refractivity contribution in [2.45, 2.75) is 65.7 Å². The molecule has 2 nitrogen and oxygen atoms in total. The summed E-state index contributed by atoms with van der Waals surface area (Å²) in [6.45, 7) is 6.78. The molecule has 2 heteroatoms. The SMILES string of the molecule is C/C=C\CCCOC(=O)CCCCC/C(C)=C\C. The van der Waals surface area contributed by atoms with Crippen LogP contribution in [0.2, 0.25) is 0 Å². The fourth-order valence-corrected chi connectivity index (χ4v) is 1.62. The molecule has 0 unspecified atom stereocenters. The average Bonchev–Trinajstić information content (AvgIpc) is 2.37. The zero-order valence-corrected chi connectivity index (χ0v) is 12.2. The minimum Gasteiger partial charge on any atom is -0.466 e. The lowest BCUT2D eigenvalue weighted by Gasteiger charge is -2.04. The van der Waals surface area contributed by atoms with E-state index >= 15 is 0 Å². The number of ether oxygens (including phenoxy) is 1. The van der Waals surface area contributed by atoms with E-state index in [0.717, 1.165) is 32.1 Å². The molecule has 0 rings (SSSR count). The van der Waals surface area contributed by atoms with Crippen molar-refractivity contribution in [2.75, 3.05) is 6.61 Å². The van der Waals surface area contributed by atoms with Crippen LogP contribution in [0.3, 0.4) is 0 Å². The number of allylic oxidation sites excluding steroid dienone is 4. The molecule has 104 valence electrons. The molecule has 0 aliphatic carbocycles. The van der Waals surface area contributed by atoms with Crippen LogP contribution in [0.4, 0.5) is 0 Å². The summed E-state index contributed by atoms with van der Waals surface area (Å²) in [5, 5.41) is 0. The molecule has 0 fully saturated rings. The maximum Gasteiger partial charge on any atom is 0.305 e. The van der Waals surface area contributed by atoms with Gasteiger partial charge in [0.2, 0.25) is 0 Å². The standard InChI is InChI=1S/C16H28O2/c1-4-6-7-11-14-18-16(17)13-10-8-9-12-15(3)5-2/h4-6H,7-14H2,1-3H3/b6-4-,15-5-. The number of hydrogen-bond donors (Lipinski definition) is 0. The van der Waals surface area contributed by atoms with Crippen LogP contribution in [-0.2, 0) is 9.53 Å². The second kappa shape index (κ2) is 12.4. The first-order valence-corrected chi connectivity index (χ1v) is 7.09. The minimum atomic E-state index is -0.0433. The van der Waals surface area contributed by atoms with Gasteiger partial charge in [0, 0.05) is 6.42 Å². The van der Waals surface area contributed by atoms with E-state index in [-0.39, 0.29) is 5.97 Å². The number of unbranched alkanes of at least 4 members (excludes halogenated alkanes) is 3. The maximum atomic E-state index is 11.4. The van der Waals surface area contributed by atoms with Crippen LogP contribution < -0.4 is 0 Å². The number of carbonyl (C=O) groups is 1. The van der Waals surface area contributed by atoms with Crippen LogP contribution in [-0.4, -0.2) is 12.6 Å². The Kier molecular flexibility index (Phi) is 11.7. The Labute approximate surface area is 112 Å². The fraction of sp³-hybridized carbons (Fsp3) is 0.688. The van der Waals surface area contributed by atoms with Crippen molar-refractivity contribution in [1.82, 2.24) is 0 Å². The molecule has 0 spiro atoms. The molecule has 0 saturated carbocycles. The second-order valence-electron chi connectivity index (χ2n) is 4.63. The molecule has 0 heterocycles. The lowest BCUT2D eigenvalue weighted by Crippen LogP contribution is -2.05. The monoisotopic (exact) mass is 252 g/mol. The van der Waals surface area contributed by atoms with E-state index in [1.807, 2.05) is 13.0 Å². The Bertz CT molecular complexity index is 264. The first-order valence-electron chi connectivity index (χ1n) is 7.09. The van der Waals surface area contributed by atoms with Crippen LogP contribution in [0.1, 0.15) is 65.7 Å². The molecular formula is C16H28O2. The Morgan fingerprint density at radius 1 is 1.06 bits per heavy atom. The number of esters is 1. The molecule has 0 aromatic heterocycles. The summed E-state index contributed by atoms with van der Waals surface area (Å²) in [6.07, 6.45) is 13.1. The number of rotatable bonds is 10. The predicted octanol–water partition coefficient (Wildman–Crippen LogP) is 4.80. The third-order valence-corrected chi connectivity index (χ3v) is 2.96. The summed E-state index contributed by atoms with van der Waals surface area (Å²) < 4.78 is 5.15. The molecule has 0 amide bonds. The molecule has 0 saturated heterocycles. The van der Waals surface area contributed by atoms with Crippen molar-refractivity contribution in [3.8, 4) is 0 Å². The van der Waals surface area contributed by atoms with Gasteiger partial charge in [-0.2, -0.15) is 0 Å². The summed E-state index contributed by atoms with van der Waals surface area (Å²) in [6, 6.07) is 0. The molecule has 0 atom stereocenters. The van der Waals surface area contributed by atoms with Crippen molar-refractivity contribution in [1.29, 1.82) is 0 Å². The van der Waals surface area contributed by atoms with Gasteiger partial charge in [0.05, 0.1) is 6.61 Å². The van der Waals surface area contributed by atoms with Crippen molar-refractivity contribution in [3.05, 3.63) is 23.8 Å². The summed E-state index contributed by atoms with van der Waals surface area (Å²) in [7, 11) is 0. The third kappa shape index (κ3) is 11.4. The molecule has 0 aromatic rings. The van der Waals surface area contributed by atoms with Gasteiger partial charge in [0.15, 0.2) is 0 Å². The first kappa shape index (κ1) is 16.9. The van der Waals surface area contributed by atoms with E-state index < -0.39 is 0 Å². The van der Waals surface area contributed by atoms with Crippen molar-refractivity contribution in [2.24, 2.45) is 0 Å². The van der Waals surface area contributed by atoms with Crippen molar-refractivity contribution < 1.29 is 9.53 Å². The van der Waals surface area contributed by atoms with Crippen LogP contribution in [0.15, 0.2) is 23.8 Å².